The maximum atomic E-state index is 14.3. The van der Waals surface area contributed by atoms with E-state index in [4.69, 9.17) is 0 Å². The van der Waals surface area contributed by atoms with Gasteiger partial charge in [-0.15, -0.1) is 0 Å². The molecule has 10 nitrogen and oxygen atoms in total. The van der Waals surface area contributed by atoms with Gasteiger partial charge < -0.3 is 20.6 Å². The van der Waals surface area contributed by atoms with Gasteiger partial charge in [-0.1, -0.05) is 92.6 Å². The van der Waals surface area contributed by atoms with Gasteiger partial charge in [0.2, 0.25) is 17.7 Å². The van der Waals surface area contributed by atoms with Crippen LogP contribution in [0.2, 0.25) is 0 Å². The van der Waals surface area contributed by atoms with Crippen molar-refractivity contribution in [2.75, 3.05) is 11.4 Å². The predicted octanol–water partition coefficient (Wildman–Crippen LogP) is 5.60. The first-order valence-electron chi connectivity index (χ1n) is 17.0. The van der Waals surface area contributed by atoms with E-state index >= 15 is 0 Å². The molecule has 1 saturated carbocycles. The normalized spacial score (nSPS) is 18.7. The Hall–Kier alpha value is -5.25. The number of amides is 4. The summed E-state index contributed by atoms with van der Waals surface area (Å²) in [5.74, 6) is -2.13. The molecular formula is C39H44N4O6. The first-order valence-corrected chi connectivity index (χ1v) is 17.0. The molecule has 49 heavy (non-hydrogen) atoms. The van der Waals surface area contributed by atoms with Crippen molar-refractivity contribution in [3.63, 3.8) is 0 Å². The van der Waals surface area contributed by atoms with Crippen LogP contribution < -0.4 is 15.5 Å². The number of carbonyl (C=O) groups is 5. The molecule has 2 atom stereocenters. The van der Waals surface area contributed by atoms with Crippen molar-refractivity contribution in [3.8, 4) is 0 Å². The Labute approximate surface area is 287 Å². The van der Waals surface area contributed by atoms with E-state index in [0.717, 1.165) is 24.0 Å². The van der Waals surface area contributed by atoms with Gasteiger partial charge in [0.1, 0.15) is 17.9 Å². The van der Waals surface area contributed by atoms with E-state index in [0.29, 0.717) is 56.3 Å². The average molecular weight is 665 g/mol. The lowest BCUT2D eigenvalue weighted by atomic mass is 9.81. The van der Waals surface area contributed by atoms with Crippen molar-refractivity contribution in [1.82, 2.24) is 15.5 Å². The lowest BCUT2D eigenvalue weighted by molar-refractivity contribution is -0.137. The van der Waals surface area contributed by atoms with Gasteiger partial charge in [-0.2, -0.15) is 0 Å². The van der Waals surface area contributed by atoms with Crippen LogP contribution in [0.25, 0.3) is 6.08 Å². The summed E-state index contributed by atoms with van der Waals surface area (Å²) >= 11 is 0. The number of carboxylic acid groups (broad SMARTS) is 1. The van der Waals surface area contributed by atoms with E-state index in [1.54, 1.807) is 34.1 Å². The maximum Gasteiger partial charge on any atom is 0.352 e. The average Bonchev–Trinajstić information content (AvgIpc) is 3.69. The van der Waals surface area contributed by atoms with E-state index < -0.39 is 23.6 Å². The molecular weight excluding hydrogens is 620 g/mol. The Morgan fingerprint density at radius 3 is 2.14 bits per heavy atom. The van der Waals surface area contributed by atoms with Crippen LogP contribution in [0.5, 0.6) is 0 Å². The molecule has 3 aromatic rings. The zero-order chi connectivity index (χ0) is 35.0. The van der Waals surface area contributed by atoms with Gasteiger partial charge in [0.25, 0.3) is 5.91 Å². The second-order valence-electron chi connectivity index (χ2n) is 12.9. The topological polar surface area (TPSA) is 136 Å². The minimum Gasteiger partial charge on any atom is -0.477 e. The smallest absolute Gasteiger partial charge is 0.352 e. The molecule has 1 aliphatic carbocycles. The van der Waals surface area contributed by atoms with Crippen molar-refractivity contribution in [2.45, 2.75) is 77.4 Å². The number of hydrogen-bond donors (Lipinski definition) is 3. The van der Waals surface area contributed by atoms with Crippen LogP contribution in [0, 0.1) is 5.41 Å². The summed E-state index contributed by atoms with van der Waals surface area (Å²) < 4.78 is 0. The molecule has 5 rings (SSSR count). The number of benzene rings is 3. The highest BCUT2D eigenvalue weighted by Gasteiger charge is 2.49. The molecule has 1 saturated heterocycles. The van der Waals surface area contributed by atoms with Gasteiger partial charge in [-0.25, -0.2) is 4.79 Å². The molecule has 4 amide bonds. The third-order valence-electron chi connectivity index (χ3n) is 9.47. The molecule has 0 radical (unpaired) electrons. The van der Waals surface area contributed by atoms with E-state index in [-0.39, 0.29) is 29.3 Å². The zero-order valence-electron chi connectivity index (χ0n) is 28.1. The van der Waals surface area contributed by atoms with E-state index in [2.05, 4.69) is 10.6 Å². The molecule has 2 unspecified atom stereocenters. The van der Waals surface area contributed by atoms with Crippen LogP contribution in [0.4, 0.5) is 5.69 Å². The Bertz CT molecular complexity index is 1680. The SMILES string of the molecule is CCCC(=O)N1C(Cc2ccccc2)C(=O)N(c2ccc(/C=C(\NC(=O)C3(CCNC(C)=O)CCCC3)C(=O)O)cc2)C1c1ccccc1. The number of aliphatic carboxylic acids is 1. The van der Waals surface area contributed by atoms with Crippen LogP contribution in [0.15, 0.2) is 90.6 Å². The van der Waals surface area contributed by atoms with E-state index in [9.17, 15) is 29.1 Å². The molecule has 0 spiro atoms. The molecule has 2 fully saturated rings. The second-order valence-corrected chi connectivity index (χ2v) is 12.9. The van der Waals surface area contributed by atoms with Crippen LogP contribution >= 0.6 is 0 Å². The van der Waals surface area contributed by atoms with Crippen molar-refractivity contribution in [2.24, 2.45) is 5.41 Å². The summed E-state index contributed by atoms with van der Waals surface area (Å²) in [6, 6.07) is 25.3. The Kier molecular flexibility index (Phi) is 11.3. The number of nitrogens with zero attached hydrogens (tertiary/aromatic N) is 2. The van der Waals surface area contributed by atoms with E-state index in [1.165, 1.54) is 13.0 Å². The fourth-order valence-corrected chi connectivity index (χ4v) is 7.00. The molecule has 0 bridgehead atoms. The van der Waals surface area contributed by atoms with Crippen molar-refractivity contribution in [1.29, 1.82) is 0 Å². The number of hydrogen-bond acceptors (Lipinski definition) is 5. The van der Waals surface area contributed by atoms with Crippen LogP contribution in [0.1, 0.15) is 81.6 Å². The minimum absolute atomic E-state index is 0.105. The first kappa shape index (κ1) is 35.1. The fourth-order valence-electron chi connectivity index (χ4n) is 7.00. The fraction of sp³-hybridized carbons (Fsp3) is 0.359. The third-order valence-corrected chi connectivity index (χ3v) is 9.47. The van der Waals surface area contributed by atoms with Gasteiger partial charge >= 0.3 is 5.97 Å². The van der Waals surface area contributed by atoms with Crippen molar-refractivity contribution < 1.29 is 29.1 Å². The molecule has 0 aromatic heterocycles. The van der Waals surface area contributed by atoms with Gasteiger partial charge in [-0.3, -0.25) is 24.1 Å². The molecule has 1 aliphatic heterocycles. The maximum absolute atomic E-state index is 14.3. The number of carbonyl (C=O) groups excluding carboxylic acids is 4. The summed E-state index contributed by atoms with van der Waals surface area (Å²) in [4.78, 5) is 68.6. The van der Waals surface area contributed by atoms with Gasteiger partial charge in [-0.05, 0) is 60.6 Å². The Balaban J connectivity index is 1.45. The van der Waals surface area contributed by atoms with Gasteiger partial charge in [0, 0.05) is 32.0 Å². The summed E-state index contributed by atoms with van der Waals surface area (Å²) in [5, 5.41) is 15.4. The molecule has 256 valence electrons. The second kappa shape index (κ2) is 15.8. The summed E-state index contributed by atoms with van der Waals surface area (Å²) in [7, 11) is 0. The summed E-state index contributed by atoms with van der Waals surface area (Å²) in [6.45, 7) is 3.70. The van der Waals surface area contributed by atoms with Crippen molar-refractivity contribution >= 4 is 41.4 Å². The minimum atomic E-state index is -1.28. The third kappa shape index (κ3) is 8.08. The highest BCUT2D eigenvalue weighted by atomic mass is 16.4. The lowest BCUT2D eigenvalue weighted by Crippen LogP contribution is -2.42. The number of anilines is 1. The molecule has 2 aliphatic rings. The van der Waals surface area contributed by atoms with Crippen LogP contribution in [-0.4, -0.2) is 52.2 Å². The standard InChI is InChI=1S/C39H44N4O6/c1-3-12-34(45)43-33(26-28-13-6-4-7-14-28)36(46)42(35(43)30-15-8-5-9-16-30)31-19-17-29(18-20-31)25-32(37(47)48)41-38(49)39(21-10-11-22-39)23-24-40-27(2)44/h4-9,13-20,25,33,35H,3,10-12,21-24,26H2,1-2H3,(H,40,44)(H,41,49)(H,47,48)/b32-25-. The summed E-state index contributed by atoms with van der Waals surface area (Å²) in [5.41, 5.74) is 1.81. The summed E-state index contributed by atoms with van der Waals surface area (Å²) in [6.07, 6.45) is 5.42. The number of carboxylic acids is 1. The first-order chi connectivity index (χ1) is 23.6. The lowest BCUT2D eigenvalue weighted by Gasteiger charge is -2.32. The monoisotopic (exact) mass is 664 g/mol. The van der Waals surface area contributed by atoms with Crippen molar-refractivity contribution in [3.05, 3.63) is 107 Å². The molecule has 3 aromatic carbocycles. The van der Waals surface area contributed by atoms with Crippen LogP contribution in [-0.2, 0) is 30.4 Å². The number of rotatable bonds is 13. The highest BCUT2D eigenvalue weighted by Crippen LogP contribution is 2.42. The van der Waals surface area contributed by atoms with Gasteiger partial charge in [0.05, 0.1) is 5.41 Å². The van der Waals surface area contributed by atoms with Crippen LogP contribution in [0.3, 0.4) is 0 Å². The Morgan fingerprint density at radius 2 is 1.55 bits per heavy atom. The quantitative estimate of drug-likeness (QED) is 0.204. The number of nitrogens with one attached hydrogen (secondary N) is 2. The zero-order valence-corrected chi connectivity index (χ0v) is 28.1. The molecule has 10 heteroatoms. The van der Waals surface area contributed by atoms with Gasteiger partial charge in [0.15, 0.2) is 0 Å². The van der Waals surface area contributed by atoms with E-state index in [1.807, 2.05) is 67.6 Å². The molecule has 1 heterocycles. The highest BCUT2D eigenvalue weighted by molar-refractivity contribution is 6.04. The largest absolute Gasteiger partial charge is 0.477 e. The predicted molar refractivity (Wildman–Crippen MR) is 187 cm³/mol. The Morgan fingerprint density at radius 1 is 0.918 bits per heavy atom. The molecule has 3 N–H and O–H groups in total.